The molecule has 0 spiro atoms. The molecule has 1 aliphatic heterocycles. The maximum Gasteiger partial charge on any atom is 0.304 e. The SMILES string of the molecule is [C-]#[N+]c1nn(C2(CC#N)CN(S(=O)(=O)CC)C2)cc1-c1ncnc2[nH]ccc12. The number of aromatic nitrogens is 5. The summed E-state index contributed by atoms with van der Waals surface area (Å²) < 4.78 is 27.1. The quantitative estimate of drug-likeness (QED) is 0.654. The van der Waals surface area contributed by atoms with Gasteiger partial charge >= 0.3 is 5.82 Å². The van der Waals surface area contributed by atoms with Crippen LogP contribution in [0.1, 0.15) is 13.3 Å². The largest absolute Gasteiger partial charge is 0.358 e. The Bertz CT molecular complexity index is 1240. The van der Waals surface area contributed by atoms with Crippen LogP contribution in [0.4, 0.5) is 5.82 Å². The highest BCUT2D eigenvalue weighted by atomic mass is 32.2. The molecule has 0 amide bonds. The predicted octanol–water partition coefficient (Wildman–Crippen LogP) is 1.65. The van der Waals surface area contributed by atoms with E-state index in [0.717, 1.165) is 5.39 Å². The van der Waals surface area contributed by atoms with E-state index >= 15 is 0 Å². The lowest BCUT2D eigenvalue weighted by atomic mass is 9.89. The van der Waals surface area contributed by atoms with E-state index < -0.39 is 15.6 Å². The first-order valence-corrected chi connectivity index (χ1v) is 10.2. The zero-order valence-corrected chi connectivity index (χ0v) is 15.8. The molecule has 0 saturated carbocycles. The van der Waals surface area contributed by atoms with Crippen LogP contribution in [0.3, 0.4) is 0 Å². The summed E-state index contributed by atoms with van der Waals surface area (Å²) in [5.41, 5.74) is 0.937. The van der Waals surface area contributed by atoms with Crippen LogP contribution in [0.15, 0.2) is 24.8 Å². The van der Waals surface area contributed by atoms with Gasteiger partial charge in [0.15, 0.2) is 0 Å². The standard InChI is InChI=1S/C17H16N8O2S/c1-3-28(26,27)24-9-17(10-24,5-6-18)25-8-13(15(19-2)23-25)14-12-4-7-20-16(12)22-11-21-14/h4,7-8,11H,3,5,9-10H2,1H3,(H,20,21,22). The summed E-state index contributed by atoms with van der Waals surface area (Å²) in [6.45, 7) is 9.38. The highest BCUT2D eigenvalue weighted by Gasteiger charge is 2.51. The Morgan fingerprint density at radius 2 is 2.21 bits per heavy atom. The summed E-state index contributed by atoms with van der Waals surface area (Å²) in [4.78, 5) is 15.0. The topological polar surface area (TPSA) is 125 Å². The number of nitriles is 1. The predicted molar refractivity (Wildman–Crippen MR) is 101 cm³/mol. The lowest BCUT2D eigenvalue weighted by Crippen LogP contribution is -2.64. The van der Waals surface area contributed by atoms with Crippen LogP contribution in [-0.4, -0.2) is 56.3 Å². The molecule has 28 heavy (non-hydrogen) atoms. The van der Waals surface area contributed by atoms with Gasteiger partial charge in [-0.25, -0.2) is 18.4 Å². The molecular formula is C17H16N8O2S. The second kappa shape index (κ2) is 6.41. The van der Waals surface area contributed by atoms with Gasteiger partial charge < -0.3 is 9.83 Å². The highest BCUT2D eigenvalue weighted by molar-refractivity contribution is 7.89. The Morgan fingerprint density at radius 1 is 1.43 bits per heavy atom. The number of fused-ring (bicyclic) bond motifs is 1. The van der Waals surface area contributed by atoms with Crippen molar-refractivity contribution in [2.24, 2.45) is 0 Å². The molecule has 0 aliphatic carbocycles. The third-order valence-corrected chi connectivity index (χ3v) is 6.78. The van der Waals surface area contributed by atoms with Gasteiger partial charge in [-0.05, 0) is 18.1 Å². The average molecular weight is 396 g/mol. The molecule has 3 aromatic heterocycles. The Labute approximate surface area is 161 Å². The van der Waals surface area contributed by atoms with Crippen LogP contribution >= 0.6 is 0 Å². The molecule has 0 aromatic carbocycles. The monoisotopic (exact) mass is 396 g/mol. The zero-order chi connectivity index (χ0) is 19.9. The van der Waals surface area contributed by atoms with Crippen LogP contribution in [-0.2, 0) is 15.6 Å². The number of hydrogen-bond acceptors (Lipinski definition) is 6. The fourth-order valence-corrected chi connectivity index (χ4v) is 4.66. The molecule has 1 N–H and O–H groups in total. The molecule has 142 valence electrons. The normalized spacial score (nSPS) is 16.4. The molecule has 1 fully saturated rings. The van der Waals surface area contributed by atoms with Crippen molar-refractivity contribution in [3.63, 3.8) is 0 Å². The molecule has 0 radical (unpaired) electrons. The van der Waals surface area contributed by atoms with Gasteiger partial charge in [0.05, 0.1) is 23.9 Å². The second-order valence-corrected chi connectivity index (χ2v) is 8.87. The molecular weight excluding hydrogens is 380 g/mol. The fourth-order valence-electron chi connectivity index (χ4n) is 3.42. The van der Waals surface area contributed by atoms with Gasteiger partial charge in [-0.1, -0.05) is 6.57 Å². The number of H-pyrrole nitrogens is 1. The number of hydrogen-bond donors (Lipinski definition) is 1. The smallest absolute Gasteiger partial charge is 0.304 e. The van der Waals surface area contributed by atoms with Crippen molar-refractivity contribution < 1.29 is 8.42 Å². The van der Waals surface area contributed by atoms with Gasteiger partial charge in [-0.3, -0.25) is 0 Å². The fraction of sp³-hybridized carbons (Fsp3) is 0.353. The lowest BCUT2D eigenvalue weighted by molar-refractivity contribution is 0.0722. The number of nitrogens with zero attached hydrogens (tertiary/aromatic N) is 7. The van der Waals surface area contributed by atoms with Gasteiger partial charge in [-0.15, -0.1) is 0 Å². The minimum absolute atomic E-state index is 0.000297. The highest BCUT2D eigenvalue weighted by Crippen LogP contribution is 2.39. The van der Waals surface area contributed by atoms with E-state index in [9.17, 15) is 13.7 Å². The summed E-state index contributed by atoms with van der Waals surface area (Å²) in [6, 6.07) is 3.94. The van der Waals surface area contributed by atoms with Crippen LogP contribution in [0, 0.1) is 17.9 Å². The number of aromatic amines is 1. The molecule has 4 heterocycles. The molecule has 0 bridgehead atoms. The number of sulfonamides is 1. The Kier molecular flexibility index (Phi) is 4.14. The van der Waals surface area contributed by atoms with Crippen molar-refractivity contribution in [2.75, 3.05) is 18.8 Å². The first kappa shape index (κ1) is 18.1. The van der Waals surface area contributed by atoms with Gasteiger partial charge in [0.1, 0.15) is 17.5 Å². The molecule has 0 atom stereocenters. The lowest BCUT2D eigenvalue weighted by Gasteiger charge is -2.46. The van der Waals surface area contributed by atoms with Crippen LogP contribution < -0.4 is 0 Å². The Balaban J connectivity index is 1.79. The number of rotatable bonds is 5. The third-order valence-electron chi connectivity index (χ3n) is 5.00. The van der Waals surface area contributed by atoms with Gasteiger partial charge in [0, 0.05) is 36.4 Å². The first-order chi connectivity index (χ1) is 13.4. The molecule has 11 heteroatoms. The number of nitrogens with one attached hydrogen (secondary N) is 1. The van der Waals surface area contributed by atoms with E-state index in [2.05, 4.69) is 31.0 Å². The minimum atomic E-state index is -3.34. The van der Waals surface area contributed by atoms with Crippen molar-refractivity contribution in [1.82, 2.24) is 29.0 Å². The molecule has 10 nitrogen and oxygen atoms in total. The Hall–Kier alpha value is -3.28. The molecule has 1 saturated heterocycles. The summed E-state index contributed by atoms with van der Waals surface area (Å²) in [7, 11) is -3.34. The summed E-state index contributed by atoms with van der Waals surface area (Å²) in [6.07, 6.45) is 4.91. The zero-order valence-electron chi connectivity index (χ0n) is 15.0. The van der Waals surface area contributed by atoms with E-state index in [-0.39, 0.29) is 31.1 Å². The van der Waals surface area contributed by atoms with Crippen LogP contribution in [0.25, 0.3) is 27.1 Å². The summed E-state index contributed by atoms with van der Waals surface area (Å²) in [5.74, 6) is 0.148. The van der Waals surface area contributed by atoms with E-state index in [1.54, 1.807) is 24.0 Å². The summed E-state index contributed by atoms with van der Waals surface area (Å²) >= 11 is 0. The average Bonchev–Trinajstić information content (AvgIpc) is 3.30. The minimum Gasteiger partial charge on any atom is -0.358 e. The van der Waals surface area contributed by atoms with Crippen molar-refractivity contribution in [3.05, 3.63) is 36.2 Å². The molecule has 0 unspecified atom stereocenters. The van der Waals surface area contributed by atoms with E-state index in [4.69, 9.17) is 6.57 Å². The van der Waals surface area contributed by atoms with Gasteiger partial charge in [0.2, 0.25) is 10.0 Å². The van der Waals surface area contributed by atoms with Crippen molar-refractivity contribution in [3.8, 4) is 17.3 Å². The van der Waals surface area contributed by atoms with Gasteiger partial charge in [-0.2, -0.15) is 14.2 Å². The van der Waals surface area contributed by atoms with Gasteiger partial charge in [0.25, 0.3) is 0 Å². The maximum absolute atomic E-state index is 12.1. The third kappa shape index (κ3) is 2.64. The molecule has 4 rings (SSSR count). The first-order valence-electron chi connectivity index (χ1n) is 8.55. The maximum atomic E-state index is 12.1. The van der Waals surface area contributed by atoms with E-state index in [1.165, 1.54) is 10.6 Å². The van der Waals surface area contributed by atoms with E-state index in [0.29, 0.717) is 16.9 Å². The van der Waals surface area contributed by atoms with Crippen molar-refractivity contribution in [1.29, 1.82) is 5.26 Å². The van der Waals surface area contributed by atoms with Crippen LogP contribution in [0.2, 0.25) is 0 Å². The summed E-state index contributed by atoms with van der Waals surface area (Å²) in [5, 5.41) is 14.4. The van der Waals surface area contributed by atoms with Crippen molar-refractivity contribution >= 4 is 26.9 Å². The van der Waals surface area contributed by atoms with E-state index in [1.807, 2.05) is 6.07 Å². The second-order valence-electron chi connectivity index (χ2n) is 6.61. The van der Waals surface area contributed by atoms with Crippen LogP contribution in [0.5, 0.6) is 0 Å². The molecule has 3 aromatic rings. The Morgan fingerprint density at radius 3 is 2.89 bits per heavy atom. The van der Waals surface area contributed by atoms with Crippen molar-refractivity contribution in [2.45, 2.75) is 18.9 Å². The molecule has 1 aliphatic rings.